The van der Waals surface area contributed by atoms with Crippen molar-refractivity contribution in [3.8, 4) is 11.4 Å². The quantitative estimate of drug-likeness (QED) is 0.502. The summed E-state index contributed by atoms with van der Waals surface area (Å²) in [6.07, 6.45) is 0. The summed E-state index contributed by atoms with van der Waals surface area (Å²) >= 11 is 7.39. The van der Waals surface area contributed by atoms with Gasteiger partial charge in [0.05, 0.1) is 12.3 Å². The number of aryl methyl sites for hydroxylation is 1. The van der Waals surface area contributed by atoms with E-state index in [0.717, 1.165) is 22.3 Å². The number of tetrazole rings is 1. The van der Waals surface area contributed by atoms with Gasteiger partial charge < -0.3 is 4.74 Å². The van der Waals surface area contributed by atoms with Crippen LogP contribution in [-0.4, -0.2) is 32.6 Å². The molecule has 0 N–H and O–H groups in total. The third-order valence-electron chi connectivity index (χ3n) is 3.12. The average Bonchev–Trinajstić information content (AvgIpc) is 3.02. The van der Waals surface area contributed by atoms with Gasteiger partial charge >= 0.3 is 0 Å². The lowest BCUT2D eigenvalue weighted by atomic mass is 10.2. The molecule has 0 atom stereocenters. The Hall–Kier alpha value is -2.05. The largest absolute Gasteiger partial charge is 0.493 e. The standard InChI is InChI=1S/C16H15ClN4OS/c1-12-2-6-14(7-3-12)21-16(18-19-20-21)23-11-10-22-15-8-4-13(17)5-9-15/h2-9H,10-11H2,1H3. The zero-order valence-corrected chi connectivity index (χ0v) is 14.1. The minimum atomic E-state index is 0.563. The highest BCUT2D eigenvalue weighted by molar-refractivity contribution is 7.99. The Bertz CT molecular complexity index is 759. The van der Waals surface area contributed by atoms with Crippen molar-refractivity contribution in [3.63, 3.8) is 0 Å². The van der Waals surface area contributed by atoms with Gasteiger partial charge in [0.15, 0.2) is 0 Å². The summed E-state index contributed by atoms with van der Waals surface area (Å²) in [4.78, 5) is 0. The van der Waals surface area contributed by atoms with Gasteiger partial charge in [-0.2, -0.15) is 4.68 Å². The topological polar surface area (TPSA) is 52.8 Å². The fraction of sp³-hybridized carbons (Fsp3) is 0.188. The van der Waals surface area contributed by atoms with Crippen molar-refractivity contribution in [2.24, 2.45) is 0 Å². The van der Waals surface area contributed by atoms with Crippen LogP contribution in [0.4, 0.5) is 0 Å². The number of halogens is 1. The second-order valence-corrected chi connectivity index (χ2v) is 6.36. The lowest BCUT2D eigenvalue weighted by Crippen LogP contribution is -2.03. The summed E-state index contributed by atoms with van der Waals surface area (Å²) in [5.41, 5.74) is 2.15. The predicted molar refractivity (Wildman–Crippen MR) is 91.6 cm³/mol. The number of thioether (sulfide) groups is 1. The zero-order valence-electron chi connectivity index (χ0n) is 12.5. The van der Waals surface area contributed by atoms with E-state index in [1.165, 1.54) is 5.56 Å². The molecule has 23 heavy (non-hydrogen) atoms. The molecule has 2 aromatic carbocycles. The molecule has 0 amide bonds. The van der Waals surface area contributed by atoms with E-state index in [1.54, 1.807) is 16.4 Å². The summed E-state index contributed by atoms with van der Waals surface area (Å²) in [7, 11) is 0. The van der Waals surface area contributed by atoms with Gasteiger partial charge in [-0.1, -0.05) is 41.1 Å². The van der Waals surface area contributed by atoms with E-state index in [4.69, 9.17) is 16.3 Å². The van der Waals surface area contributed by atoms with E-state index in [1.807, 2.05) is 55.5 Å². The lowest BCUT2D eigenvalue weighted by molar-refractivity contribution is 0.344. The van der Waals surface area contributed by atoms with Crippen molar-refractivity contribution in [1.82, 2.24) is 20.2 Å². The Morgan fingerprint density at radius 2 is 1.83 bits per heavy atom. The number of nitrogens with zero attached hydrogens (tertiary/aromatic N) is 4. The van der Waals surface area contributed by atoms with Crippen LogP contribution in [0.3, 0.4) is 0 Å². The maximum absolute atomic E-state index is 5.84. The molecule has 0 unspecified atom stereocenters. The van der Waals surface area contributed by atoms with Crippen LogP contribution in [0.5, 0.6) is 5.75 Å². The van der Waals surface area contributed by atoms with Crippen LogP contribution in [0.25, 0.3) is 5.69 Å². The van der Waals surface area contributed by atoms with E-state index < -0.39 is 0 Å². The van der Waals surface area contributed by atoms with Gasteiger partial charge in [-0.25, -0.2) is 0 Å². The van der Waals surface area contributed by atoms with Gasteiger partial charge in [0.1, 0.15) is 5.75 Å². The molecule has 3 rings (SSSR count). The third-order valence-corrected chi connectivity index (χ3v) is 4.25. The summed E-state index contributed by atoms with van der Waals surface area (Å²) in [6.45, 7) is 2.61. The van der Waals surface area contributed by atoms with Gasteiger partial charge in [0, 0.05) is 10.8 Å². The second-order valence-electron chi connectivity index (χ2n) is 4.86. The zero-order chi connectivity index (χ0) is 16.1. The maximum Gasteiger partial charge on any atom is 0.214 e. The Morgan fingerprint density at radius 3 is 2.57 bits per heavy atom. The molecule has 118 valence electrons. The monoisotopic (exact) mass is 346 g/mol. The number of benzene rings is 2. The molecular weight excluding hydrogens is 332 g/mol. The van der Waals surface area contributed by atoms with E-state index in [2.05, 4.69) is 15.5 Å². The molecule has 0 aliphatic carbocycles. The first-order valence-electron chi connectivity index (χ1n) is 7.09. The van der Waals surface area contributed by atoms with Crippen LogP contribution in [0.2, 0.25) is 5.02 Å². The lowest BCUT2D eigenvalue weighted by Gasteiger charge is -2.06. The van der Waals surface area contributed by atoms with E-state index in [9.17, 15) is 0 Å². The summed E-state index contributed by atoms with van der Waals surface area (Å²) in [6, 6.07) is 15.4. The maximum atomic E-state index is 5.84. The highest BCUT2D eigenvalue weighted by Gasteiger charge is 2.08. The predicted octanol–water partition coefficient (Wildman–Crippen LogP) is 3.80. The van der Waals surface area contributed by atoms with E-state index in [-0.39, 0.29) is 0 Å². The van der Waals surface area contributed by atoms with Gasteiger partial charge in [0.2, 0.25) is 5.16 Å². The van der Waals surface area contributed by atoms with Gasteiger partial charge in [-0.3, -0.25) is 0 Å². The Balaban J connectivity index is 1.56. The first kappa shape index (κ1) is 15.8. The molecule has 1 aromatic heterocycles. The highest BCUT2D eigenvalue weighted by Crippen LogP contribution is 2.19. The van der Waals surface area contributed by atoms with Crippen LogP contribution >= 0.6 is 23.4 Å². The number of ether oxygens (including phenoxy) is 1. The summed E-state index contributed by atoms with van der Waals surface area (Å²) in [5.74, 6) is 1.54. The van der Waals surface area contributed by atoms with Crippen LogP contribution in [0, 0.1) is 6.92 Å². The van der Waals surface area contributed by atoms with Gasteiger partial charge in [-0.05, 0) is 53.7 Å². The normalized spacial score (nSPS) is 10.7. The number of hydrogen-bond donors (Lipinski definition) is 0. The van der Waals surface area contributed by atoms with Crippen LogP contribution in [-0.2, 0) is 0 Å². The molecule has 0 saturated carbocycles. The minimum Gasteiger partial charge on any atom is -0.493 e. The second kappa shape index (κ2) is 7.48. The molecular formula is C16H15ClN4OS. The first-order valence-corrected chi connectivity index (χ1v) is 8.45. The molecule has 7 heteroatoms. The molecule has 0 aliphatic rings. The fourth-order valence-electron chi connectivity index (χ4n) is 1.94. The van der Waals surface area contributed by atoms with Crippen molar-refractivity contribution in [2.45, 2.75) is 12.1 Å². The summed E-state index contributed by atoms with van der Waals surface area (Å²) < 4.78 is 7.39. The van der Waals surface area contributed by atoms with E-state index in [0.29, 0.717) is 11.6 Å². The SMILES string of the molecule is Cc1ccc(-n2nnnc2SCCOc2ccc(Cl)cc2)cc1. The Morgan fingerprint density at radius 1 is 1.09 bits per heavy atom. The first-order chi connectivity index (χ1) is 11.2. The summed E-state index contributed by atoms with van der Waals surface area (Å²) in [5, 5.41) is 13.3. The molecule has 1 heterocycles. The Kier molecular flexibility index (Phi) is 5.15. The van der Waals surface area contributed by atoms with Crippen molar-refractivity contribution in [1.29, 1.82) is 0 Å². The smallest absolute Gasteiger partial charge is 0.214 e. The van der Waals surface area contributed by atoms with Crippen molar-refractivity contribution < 1.29 is 4.74 Å². The molecule has 0 bridgehead atoms. The van der Waals surface area contributed by atoms with Crippen molar-refractivity contribution >= 4 is 23.4 Å². The number of aromatic nitrogens is 4. The molecule has 0 saturated heterocycles. The average molecular weight is 347 g/mol. The van der Waals surface area contributed by atoms with Crippen molar-refractivity contribution in [3.05, 3.63) is 59.1 Å². The molecule has 3 aromatic rings. The van der Waals surface area contributed by atoms with Crippen LogP contribution < -0.4 is 4.74 Å². The highest BCUT2D eigenvalue weighted by atomic mass is 35.5. The molecule has 0 fully saturated rings. The van der Waals surface area contributed by atoms with E-state index >= 15 is 0 Å². The van der Waals surface area contributed by atoms with Gasteiger partial charge in [0.25, 0.3) is 0 Å². The third kappa shape index (κ3) is 4.24. The minimum absolute atomic E-state index is 0.563. The van der Waals surface area contributed by atoms with Crippen LogP contribution in [0.15, 0.2) is 53.7 Å². The molecule has 5 nitrogen and oxygen atoms in total. The fourth-order valence-corrected chi connectivity index (χ4v) is 2.77. The Labute approximate surface area is 143 Å². The number of hydrogen-bond acceptors (Lipinski definition) is 5. The molecule has 0 radical (unpaired) electrons. The van der Waals surface area contributed by atoms with Crippen molar-refractivity contribution in [2.75, 3.05) is 12.4 Å². The van der Waals surface area contributed by atoms with Crippen LogP contribution in [0.1, 0.15) is 5.56 Å². The number of rotatable bonds is 6. The molecule has 0 aliphatic heterocycles. The molecule has 0 spiro atoms. The van der Waals surface area contributed by atoms with Gasteiger partial charge in [-0.15, -0.1) is 5.10 Å².